The third-order valence-electron chi connectivity index (χ3n) is 5.31. The summed E-state index contributed by atoms with van der Waals surface area (Å²) in [7, 11) is -4.03. The topological polar surface area (TPSA) is 148 Å². The highest BCUT2D eigenvalue weighted by Crippen LogP contribution is 2.34. The van der Waals surface area contributed by atoms with E-state index in [1.807, 2.05) is 6.07 Å². The summed E-state index contributed by atoms with van der Waals surface area (Å²) in [4.78, 5) is 15.1. The lowest BCUT2D eigenvalue weighted by Gasteiger charge is -2.15. The van der Waals surface area contributed by atoms with Crippen LogP contribution in [-0.2, 0) is 16.4 Å². The van der Waals surface area contributed by atoms with Crippen molar-refractivity contribution in [3.05, 3.63) is 71.7 Å². The summed E-state index contributed by atoms with van der Waals surface area (Å²) in [6, 6.07) is 11.9. The standard InChI is InChI=1S/C23H22N4O6S/c1-14-15(2)26-33-21(14)27-34(30,31)20-6-4-3-5-19(20)18-8-7-17(22-24-11-12-32-22)13-16(18)9-10-25-23(28)29/h3-8,11-13,25,27H,9-10H2,1-2H3,(H,28,29). The van der Waals surface area contributed by atoms with E-state index in [4.69, 9.17) is 14.0 Å². The maximum absolute atomic E-state index is 13.3. The van der Waals surface area contributed by atoms with Crippen LogP contribution < -0.4 is 10.0 Å². The van der Waals surface area contributed by atoms with E-state index in [2.05, 4.69) is 20.2 Å². The molecule has 3 N–H and O–H groups in total. The molecule has 0 atom stereocenters. The molecular weight excluding hydrogens is 460 g/mol. The zero-order valence-corrected chi connectivity index (χ0v) is 19.2. The van der Waals surface area contributed by atoms with Gasteiger partial charge in [0.15, 0.2) is 0 Å². The minimum absolute atomic E-state index is 0.0415. The number of carbonyl (C=O) groups is 1. The van der Waals surface area contributed by atoms with Gasteiger partial charge in [-0.05, 0) is 49.6 Å². The Morgan fingerprint density at radius 1 is 1.12 bits per heavy atom. The summed E-state index contributed by atoms with van der Waals surface area (Å²) in [5, 5.41) is 15.1. The number of amides is 1. The number of carboxylic acid groups (broad SMARTS) is 1. The molecule has 0 aliphatic rings. The molecule has 34 heavy (non-hydrogen) atoms. The summed E-state index contributed by atoms with van der Waals surface area (Å²) in [6.45, 7) is 3.57. The zero-order chi connectivity index (χ0) is 24.3. The number of nitrogens with zero attached hydrogens (tertiary/aromatic N) is 2. The molecule has 2 aromatic carbocycles. The molecule has 10 nitrogen and oxygen atoms in total. The Hall–Kier alpha value is -4.12. The van der Waals surface area contributed by atoms with E-state index < -0.39 is 16.1 Å². The Balaban J connectivity index is 1.78. The molecule has 2 aromatic heterocycles. The first-order valence-electron chi connectivity index (χ1n) is 10.3. The highest BCUT2D eigenvalue weighted by Gasteiger charge is 2.24. The highest BCUT2D eigenvalue weighted by atomic mass is 32.2. The van der Waals surface area contributed by atoms with Crippen molar-refractivity contribution in [1.82, 2.24) is 15.5 Å². The van der Waals surface area contributed by atoms with Gasteiger partial charge in [-0.3, -0.25) is 0 Å². The highest BCUT2D eigenvalue weighted by molar-refractivity contribution is 7.92. The number of rotatable bonds is 8. The Morgan fingerprint density at radius 2 is 1.91 bits per heavy atom. The van der Waals surface area contributed by atoms with E-state index >= 15 is 0 Å². The lowest BCUT2D eigenvalue weighted by Crippen LogP contribution is -2.23. The monoisotopic (exact) mass is 482 g/mol. The molecule has 176 valence electrons. The molecule has 0 aliphatic carbocycles. The maximum atomic E-state index is 13.3. The molecule has 0 saturated heterocycles. The minimum Gasteiger partial charge on any atom is -0.465 e. The van der Waals surface area contributed by atoms with E-state index in [9.17, 15) is 13.2 Å². The molecule has 0 spiro atoms. The number of sulfonamides is 1. The predicted octanol–water partition coefficient (Wildman–Crippen LogP) is 4.22. The number of aromatic nitrogens is 2. The first-order valence-corrected chi connectivity index (χ1v) is 11.8. The van der Waals surface area contributed by atoms with Crippen LogP contribution in [0.15, 0.2) is 68.8 Å². The average Bonchev–Trinajstić information content (AvgIpc) is 3.45. The molecule has 0 radical (unpaired) electrons. The van der Waals surface area contributed by atoms with Crippen molar-refractivity contribution >= 4 is 22.0 Å². The molecule has 0 unspecified atom stereocenters. The first kappa shape index (κ1) is 23.1. The number of benzene rings is 2. The molecule has 4 aromatic rings. The van der Waals surface area contributed by atoms with Crippen LogP contribution in [0.3, 0.4) is 0 Å². The van der Waals surface area contributed by atoms with E-state index in [1.54, 1.807) is 44.2 Å². The van der Waals surface area contributed by atoms with Gasteiger partial charge in [-0.2, -0.15) is 0 Å². The summed E-state index contributed by atoms with van der Waals surface area (Å²) in [5.41, 5.74) is 3.67. The lowest BCUT2D eigenvalue weighted by molar-refractivity contribution is 0.194. The van der Waals surface area contributed by atoms with Crippen LogP contribution in [0.1, 0.15) is 16.8 Å². The molecular formula is C23H22N4O6S. The van der Waals surface area contributed by atoms with E-state index in [1.165, 1.54) is 18.5 Å². The predicted molar refractivity (Wildman–Crippen MR) is 124 cm³/mol. The number of anilines is 1. The Morgan fingerprint density at radius 3 is 2.59 bits per heavy atom. The van der Waals surface area contributed by atoms with Crippen LogP contribution in [0.4, 0.5) is 10.7 Å². The Bertz CT molecular complexity index is 1430. The molecule has 0 saturated carbocycles. The van der Waals surface area contributed by atoms with Crippen LogP contribution >= 0.6 is 0 Å². The van der Waals surface area contributed by atoms with Crippen LogP contribution in [0.2, 0.25) is 0 Å². The molecule has 11 heteroatoms. The fourth-order valence-corrected chi connectivity index (χ4v) is 4.75. The van der Waals surface area contributed by atoms with Crippen molar-refractivity contribution in [2.24, 2.45) is 0 Å². The van der Waals surface area contributed by atoms with E-state index in [0.717, 1.165) is 5.56 Å². The van der Waals surface area contributed by atoms with Crippen molar-refractivity contribution in [3.63, 3.8) is 0 Å². The smallest absolute Gasteiger partial charge is 0.404 e. The first-order chi connectivity index (χ1) is 16.3. The second-order valence-electron chi connectivity index (χ2n) is 7.51. The average molecular weight is 483 g/mol. The number of oxazole rings is 1. The van der Waals surface area contributed by atoms with Crippen LogP contribution in [-0.4, -0.2) is 36.3 Å². The molecule has 0 bridgehead atoms. The van der Waals surface area contributed by atoms with Crippen molar-refractivity contribution in [3.8, 4) is 22.6 Å². The van der Waals surface area contributed by atoms with Crippen molar-refractivity contribution in [2.45, 2.75) is 25.2 Å². The SMILES string of the molecule is Cc1noc(NS(=O)(=O)c2ccccc2-c2ccc(-c3ncco3)cc2CCNC(=O)O)c1C. The number of aryl methyl sites for hydroxylation is 1. The summed E-state index contributed by atoms with van der Waals surface area (Å²) in [6.07, 6.45) is 2.15. The van der Waals surface area contributed by atoms with Crippen LogP contribution in [0.25, 0.3) is 22.6 Å². The fraction of sp³-hybridized carbons (Fsp3) is 0.174. The normalized spacial score (nSPS) is 11.4. The molecule has 0 aliphatic heterocycles. The third kappa shape index (κ3) is 4.79. The zero-order valence-electron chi connectivity index (χ0n) is 18.4. The number of hydrogen-bond donors (Lipinski definition) is 3. The van der Waals surface area contributed by atoms with Crippen LogP contribution in [0, 0.1) is 13.8 Å². The van der Waals surface area contributed by atoms with Gasteiger partial charge >= 0.3 is 6.09 Å². The molecule has 1 amide bonds. The van der Waals surface area contributed by atoms with E-state index in [-0.39, 0.29) is 17.3 Å². The van der Waals surface area contributed by atoms with Gasteiger partial charge in [-0.1, -0.05) is 29.4 Å². The molecule has 4 rings (SSSR count). The van der Waals surface area contributed by atoms with Gasteiger partial charge in [-0.25, -0.2) is 22.9 Å². The second-order valence-corrected chi connectivity index (χ2v) is 9.17. The summed E-state index contributed by atoms with van der Waals surface area (Å²) >= 11 is 0. The summed E-state index contributed by atoms with van der Waals surface area (Å²) < 4.78 is 39.6. The van der Waals surface area contributed by atoms with Gasteiger partial charge in [0.25, 0.3) is 10.0 Å². The van der Waals surface area contributed by atoms with Crippen molar-refractivity contribution in [1.29, 1.82) is 0 Å². The van der Waals surface area contributed by atoms with Crippen molar-refractivity contribution < 1.29 is 27.3 Å². The Labute approximate surface area is 195 Å². The number of hydrogen-bond acceptors (Lipinski definition) is 7. The van der Waals surface area contributed by atoms with Gasteiger partial charge in [0, 0.05) is 23.2 Å². The maximum Gasteiger partial charge on any atom is 0.404 e. The second kappa shape index (κ2) is 9.40. The quantitative estimate of drug-likeness (QED) is 0.338. The van der Waals surface area contributed by atoms with Crippen LogP contribution in [0.5, 0.6) is 0 Å². The van der Waals surface area contributed by atoms with E-state index in [0.29, 0.717) is 40.3 Å². The number of nitrogens with one attached hydrogen (secondary N) is 2. The fourth-order valence-electron chi connectivity index (χ4n) is 3.48. The van der Waals surface area contributed by atoms with Gasteiger partial charge in [0.05, 0.1) is 16.8 Å². The largest absolute Gasteiger partial charge is 0.465 e. The summed E-state index contributed by atoms with van der Waals surface area (Å²) in [5.74, 6) is 0.454. The van der Waals surface area contributed by atoms with Gasteiger partial charge < -0.3 is 19.4 Å². The van der Waals surface area contributed by atoms with Gasteiger partial charge in [0.2, 0.25) is 11.8 Å². The van der Waals surface area contributed by atoms with Crippen molar-refractivity contribution in [2.75, 3.05) is 11.3 Å². The van der Waals surface area contributed by atoms with Gasteiger partial charge in [-0.15, -0.1) is 0 Å². The molecule has 2 heterocycles. The van der Waals surface area contributed by atoms with Gasteiger partial charge in [0.1, 0.15) is 6.26 Å². The minimum atomic E-state index is -4.03. The lowest BCUT2D eigenvalue weighted by atomic mass is 9.95. The Kier molecular flexibility index (Phi) is 6.37. The third-order valence-corrected chi connectivity index (χ3v) is 6.70. The molecule has 0 fully saturated rings.